The molecular weight excluding hydrogens is 388 g/mol. The number of anilines is 3. The number of nitrogens with one attached hydrogen (secondary N) is 4. The molecule has 3 aromatic heterocycles. The number of hydrogen-bond donors (Lipinski definition) is 4. The molecule has 4 aromatic rings. The van der Waals surface area contributed by atoms with E-state index in [9.17, 15) is 8.78 Å². The van der Waals surface area contributed by atoms with Gasteiger partial charge in [0, 0.05) is 48.4 Å². The van der Waals surface area contributed by atoms with Gasteiger partial charge in [0.25, 0.3) is 0 Å². The molecule has 154 valence electrons. The zero-order chi connectivity index (χ0) is 20.7. The van der Waals surface area contributed by atoms with Gasteiger partial charge in [-0.3, -0.25) is 5.10 Å². The molecule has 1 aliphatic carbocycles. The first-order valence-corrected chi connectivity index (χ1v) is 9.82. The lowest BCUT2D eigenvalue weighted by Crippen LogP contribution is -2.33. The number of aromatic amines is 2. The summed E-state index contributed by atoms with van der Waals surface area (Å²) < 4.78 is 26.2. The van der Waals surface area contributed by atoms with Gasteiger partial charge in [-0.05, 0) is 42.1 Å². The van der Waals surface area contributed by atoms with E-state index < -0.39 is 5.92 Å². The quantitative estimate of drug-likeness (QED) is 0.355. The van der Waals surface area contributed by atoms with Crippen LogP contribution in [-0.2, 0) is 0 Å². The Hall–Kier alpha value is -3.49. The summed E-state index contributed by atoms with van der Waals surface area (Å²) in [5.41, 5.74) is 2.93. The van der Waals surface area contributed by atoms with Gasteiger partial charge in [0.1, 0.15) is 5.82 Å². The molecule has 1 fully saturated rings. The van der Waals surface area contributed by atoms with Crippen LogP contribution in [0.25, 0.3) is 10.9 Å². The molecule has 1 atom stereocenters. The van der Waals surface area contributed by atoms with Crippen molar-refractivity contribution < 1.29 is 8.78 Å². The van der Waals surface area contributed by atoms with Gasteiger partial charge in [-0.15, -0.1) is 0 Å². The third-order valence-corrected chi connectivity index (χ3v) is 5.46. The smallest absolute Gasteiger partial charge is 0.249 e. The molecule has 1 aliphatic rings. The summed E-state index contributed by atoms with van der Waals surface area (Å²) in [6.45, 7) is 2.05. The molecule has 7 nitrogen and oxygen atoms in total. The van der Waals surface area contributed by atoms with Crippen molar-refractivity contribution in [2.75, 3.05) is 10.6 Å². The zero-order valence-corrected chi connectivity index (χ0v) is 16.3. The van der Waals surface area contributed by atoms with E-state index in [-0.39, 0.29) is 24.8 Å². The minimum Gasteiger partial charge on any atom is -0.361 e. The van der Waals surface area contributed by atoms with Gasteiger partial charge in [-0.1, -0.05) is 6.07 Å². The van der Waals surface area contributed by atoms with Crippen LogP contribution in [0.5, 0.6) is 0 Å². The number of benzene rings is 1. The van der Waals surface area contributed by atoms with Crippen molar-refractivity contribution in [2.24, 2.45) is 0 Å². The second kappa shape index (κ2) is 7.08. The van der Waals surface area contributed by atoms with E-state index in [0.29, 0.717) is 23.3 Å². The summed E-state index contributed by atoms with van der Waals surface area (Å²) in [6, 6.07) is 11.8. The average molecular weight is 409 g/mol. The third-order valence-electron chi connectivity index (χ3n) is 5.46. The number of aromatic nitrogens is 5. The summed E-state index contributed by atoms with van der Waals surface area (Å²) in [5, 5.41) is 14.6. The molecule has 5 rings (SSSR count). The maximum absolute atomic E-state index is 13.1. The van der Waals surface area contributed by atoms with Crippen molar-refractivity contribution >= 4 is 28.5 Å². The molecule has 3 heterocycles. The lowest BCUT2D eigenvalue weighted by molar-refractivity contribution is -0.0876. The standard InChI is InChI=1S/C21H21F2N7/c1-12(13-2-3-16-14(8-13)4-6-24-16)26-20-25-7-5-18(28-20)27-19-9-17(29-30-19)15-10-21(22,23)11-15/h2-9,12,15,24H,10-11H2,1H3,(H3,25,26,27,28,29,30)/t12-/m0/s1. The van der Waals surface area contributed by atoms with E-state index in [4.69, 9.17) is 0 Å². The lowest BCUT2D eigenvalue weighted by Gasteiger charge is -2.33. The molecule has 30 heavy (non-hydrogen) atoms. The normalized spacial score (nSPS) is 16.9. The van der Waals surface area contributed by atoms with Crippen molar-refractivity contribution in [1.82, 2.24) is 25.1 Å². The molecule has 0 spiro atoms. The highest BCUT2D eigenvalue weighted by molar-refractivity contribution is 5.80. The van der Waals surface area contributed by atoms with Crippen LogP contribution in [0.1, 0.15) is 43.0 Å². The lowest BCUT2D eigenvalue weighted by atomic mass is 9.79. The maximum atomic E-state index is 13.1. The maximum Gasteiger partial charge on any atom is 0.249 e. The molecule has 1 aromatic carbocycles. The van der Waals surface area contributed by atoms with Crippen LogP contribution in [0, 0.1) is 0 Å². The van der Waals surface area contributed by atoms with Gasteiger partial charge < -0.3 is 15.6 Å². The molecule has 0 saturated heterocycles. The second-order valence-electron chi connectivity index (χ2n) is 7.75. The van der Waals surface area contributed by atoms with Crippen LogP contribution >= 0.6 is 0 Å². The Labute approximate surface area is 171 Å². The number of halogens is 2. The van der Waals surface area contributed by atoms with Crippen molar-refractivity contribution in [2.45, 2.75) is 37.6 Å². The number of alkyl halides is 2. The van der Waals surface area contributed by atoms with Crippen molar-refractivity contribution in [3.05, 3.63) is 60.0 Å². The summed E-state index contributed by atoms with van der Waals surface area (Å²) in [7, 11) is 0. The average Bonchev–Trinajstić information content (AvgIpc) is 3.35. The second-order valence-corrected chi connectivity index (χ2v) is 7.75. The molecule has 0 aliphatic heterocycles. The highest BCUT2D eigenvalue weighted by atomic mass is 19.3. The van der Waals surface area contributed by atoms with Gasteiger partial charge in [-0.2, -0.15) is 10.1 Å². The number of hydrogen-bond acceptors (Lipinski definition) is 5. The number of H-pyrrole nitrogens is 2. The first-order chi connectivity index (χ1) is 14.4. The van der Waals surface area contributed by atoms with Gasteiger partial charge in [0.2, 0.25) is 11.9 Å². The Bertz CT molecular complexity index is 1170. The van der Waals surface area contributed by atoms with E-state index >= 15 is 0 Å². The predicted octanol–water partition coefficient (Wildman–Crippen LogP) is 5.11. The van der Waals surface area contributed by atoms with Crippen molar-refractivity contribution in [1.29, 1.82) is 0 Å². The Morgan fingerprint density at radius 3 is 2.83 bits per heavy atom. The fourth-order valence-electron chi connectivity index (χ4n) is 3.74. The Morgan fingerprint density at radius 2 is 2.00 bits per heavy atom. The first kappa shape index (κ1) is 18.5. The van der Waals surface area contributed by atoms with Crippen LogP contribution in [0.2, 0.25) is 0 Å². The van der Waals surface area contributed by atoms with Crippen LogP contribution < -0.4 is 10.6 Å². The largest absolute Gasteiger partial charge is 0.361 e. The number of fused-ring (bicyclic) bond motifs is 1. The van der Waals surface area contributed by atoms with Gasteiger partial charge in [-0.25, -0.2) is 13.8 Å². The monoisotopic (exact) mass is 409 g/mol. The molecule has 1 saturated carbocycles. The number of nitrogens with zero attached hydrogens (tertiary/aromatic N) is 3. The highest BCUT2D eigenvalue weighted by Crippen LogP contribution is 2.48. The van der Waals surface area contributed by atoms with E-state index in [1.807, 2.05) is 19.2 Å². The van der Waals surface area contributed by atoms with E-state index in [0.717, 1.165) is 16.5 Å². The first-order valence-electron chi connectivity index (χ1n) is 9.82. The summed E-state index contributed by atoms with van der Waals surface area (Å²) in [5.74, 6) is -1.15. The molecule has 0 radical (unpaired) electrons. The highest BCUT2D eigenvalue weighted by Gasteiger charge is 2.46. The van der Waals surface area contributed by atoms with Crippen molar-refractivity contribution in [3.8, 4) is 0 Å². The Balaban J connectivity index is 1.25. The Morgan fingerprint density at radius 1 is 1.13 bits per heavy atom. The summed E-state index contributed by atoms with van der Waals surface area (Å²) >= 11 is 0. The van der Waals surface area contributed by atoms with E-state index in [1.54, 1.807) is 18.3 Å². The third kappa shape index (κ3) is 3.70. The molecule has 9 heteroatoms. The van der Waals surface area contributed by atoms with E-state index in [2.05, 4.69) is 54.0 Å². The van der Waals surface area contributed by atoms with Gasteiger partial charge in [0.05, 0.1) is 6.04 Å². The predicted molar refractivity (Wildman–Crippen MR) is 111 cm³/mol. The van der Waals surface area contributed by atoms with Crippen LogP contribution in [-0.4, -0.2) is 31.1 Å². The topological polar surface area (TPSA) is 94.3 Å². The van der Waals surface area contributed by atoms with Crippen LogP contribution in [0.4, 0.5) is 26.4 Å². The molecule has 0 bridgehead atoms. The fourth-order valence-corrected chi connectivity index (χ4v) is 3.74. The molecule has 4 N–H and O–H groups in total. The molecule has 0 unspecified atom stereocenters. The minimum atomic E-state index is -2.56. The number of rotatable bonds is 6. The van der Waals surface area contributed by atoms with E-state index in [1.165, 1.54) is 0 Å². The zero-order valence-electron chi connectivity index (χ0n) is 16.3. The van der Waals surface area contributed by atoms with Crippen LogP contribution in [0.15, 0.2) is 48.8 Å². The van der Waals surface area contributed by atoms with Gasteiger partial charge in [0.15, 0.2) is 5.82 Å². The molecular formula is C21H21F2N7. The summed E-state index contributed by atoms with van der Waals surface area (Å²) in [4.78, 5) is 12.0. The molecule has 0 amide bonds. The minimum absolute atomic E-state index is 0.0109. The summed E-state index contributed by atoms with van der Waals surface area (Å²) in [6.07, 6.45) is 3.30. The SMILES string of the molecule is C[C@H](Nc1nccc(Nc2cc(C3CC(F)(F)C3)[nH]n2)n1)c1ccc2[nH]ccc2c1. The van der Waals surface area contributed by atoms with Gasteiger partial charge >= 0.3 is 0 Å². The van der Waals surface area contributed by atoms with Crippen LogP contribution in [0.3, 0.4) is 0 Å². The Kier molecular flexibility index (Phi) is 4.38. The van der Waals surface area contributed by atoms with Crippen molar-refractivity contribution in [3.63, 3.8) is 0 Å². The fraction of sp³-hybridized carbons (Fsp3) is 0.286.